The molecule has 3 aromatic carbocycles. The van der Waals surface area contributed by atoms with Crippen LogP contribution in [0.5, 0.6) is 5.75 Å². The first kappa shape index (κ1) is 29.5. The van der Waals surface area contributed by atoms with Gasteiger partial charge >= 0.3 is 0 Å². The molecule has 2 heterocycles. The van der Waals surface area contributed by atoms with Crippen molar-refractivity contribution in [2.24, 2.45) is 4.99 Å². The summed E-state index contributed by atoms with van der Waals surface area (Å²) in [4.78, 5) is 21.3. The molecule has 220 valence electrons. The van der Waals surface area contributed by atoms with Crippen LogP contribution in [0.2, 0.25) is 0 Å². The minimum Gasteiger partial charge on any atom is -0.494 e. The van der Waals surface area contributed by atoms with Crippen molar-refractivity contribution < 1.29 is 24.1 Å². The van der Waals surface area contributed by atoms with E-state index >= 15 is 0 Å². The van der Waals surface area contributed by atoms with Gasteiger partial charge in [0.05, 0.1) is 19.8 Å². The van der Waals surface area contributed by atoms with Crippen molar-refractivity contribution in [3.8, 4) is 16.9 Å². The van der Waals surface area contributed by atoms with Gasteiger partial charge in [0.1, 0.15) is 5.75 Å². The molecule has 0 spiro atoms. The molecule has 0 unspecified atom stereocenters. The van der Waals surface area contributed by atoms with Gasteiger partial charge < -0.3 is 24.6 Å². The predicted octanol–water partition coefficient (Wildman–Crippen LogP) is 4.40. The van der Waals surface area contributed by atoms with Crippen molar-refractivity contribution in [1.29, 1.82) is 0 Å². The number of nitrogens with one attached hydrogen (secondary N) is 1. The Morgan fingerprint density at radius 3 is 2.40 bits per heavy atom. The number of nitrogens with zero attached hydrogens (tertiary/aromatic N) is 2. The van der Waals surface area contributed by atoms with Gasteiger partial charge in [-0.15, -0.1) is 6.58 Å². The monoisotopic (exact) mass is 569 g/mol. The Morgan fingerprint density at radius 1 is 1.02 bits per heavy atom. The second-order valence-corrected chi connectivity index (χ2v) is 10.5. The van der Waals surface area contributed by atoms with Crippen molar-refractivity contribution in [2.75, 3.05) is 52.6 Å². The molecule has 2 N–H and O–H groups in total. The molecule has 2 aliphatic heterocycles. The number of hydrogen-bond acceptors (Lipinski definition) is 7. The number of amides is 1. The highest BCUT2D eigenvalue weighted by Crippen LogP contribution is 2.43. The number of benzene rings is 3. The molecule has 8 nitrogen and oxygen atoms in total. The van der Waals surface area contributed by atoms with Gasteiger partial charge in [-0.1, -0.05) is 60.7 Å². The van der Waals surface area contributed by atoms with Crippen LogP contribution >= 0.6 is 0 Å². The number of aliphatic hydroxyl groups excluding tert-OH is 1. The van der Waals surface area contributed by atoms with E-state index in [0.29, 0.717) is 50.9 Å². The third-order valence-corrected chi connectivity index (χ3v) is 7.62. The van der Waals surface area contributed by atoms with E-state index < -0.39 is 11.6 Å². The van der Waals surface area contributed by atoms with E-state index in [1.54, 1.807) is 6.08 Å². The number of morpholine rings is 1. The van der Waals surface area contributed by atoms with Crippen LogP contribution in [0.3, 0.4) is 0 Å². The Morgan fingerprint density at radius 2 is 1.71 bits per heavy atom. The van der Waals surface area contributed by atoms with E-state index in [1.165, 1.54) is 0 Å². The van der Waals surface area contributed by atoms with E-state index in [4.69, 9.17) is 24.3 Å². The van der Waals surface area contributed by atoms with Crippen molar-refractivity contribution in [1.82, 2.24) is 10.2 Å². The fourth-order valence-corrected chi connectivity index (χ4v) is 5.32. The molecule has 0 bridgehead atoms. The summed E-state index contributed by atoms with van der Waals surface area (Å²) < 4.78 is 17.7. The summed E-state index contributed by atoms with van der Waals surface area (Å²) in [5.41, 5.74) is 2.60. The molecule has 0 radical (unpaired) electrons. The fraction of sp³-hybridized carbons (Fsp3) is 0.353. The van der Waals surface area contributed by atoms with Crippen molar-refractivity contribution >= 4 is 11.8 Å². The van der Waals surface area contributed by atoms with Gasteiger partial charge in [-0.2, -0.15) is 0 Å². The smallest absolute Gasteiger partial charge is 0.252 e. The van der Waals surface area contributed by atoms with E-state index in [1.807, 2.05) is 54.6 Å². The van der Waals surface area contributed by atoms with Crippen molar-refractivity contribution in [3.05, 3.63) is 103 Å². The van der Waals surface area contributed by atoms with Crippen LogP contribution < -0.4 is 10.1 Å². The summed E-state index contributed by atoms with van der Waals surface area (Å²) in [5.74, 6) is 0.906. The molecule has 1 amide bonds. The lowest BCUT2D eigenvalue weighted by molar-refractivity contribution is -0.128. The largest absolute Gasteiger partial charge is 0.494 e. The van der Waals surface area contributed by atoms with Crippen molar-refractivity contribution in [2.45, 2.75) is 24.5 Å². The Kier molecular flexibility index (Phi) is 10.0. The van der Waals surface area contributed by atoms with Gasteiger partial charge in [0.2, 0.25) is 5.90 Å². The highest BCUT2D eigenvalue weighted by atomic mass is 16.5. The third kappa shape index (κ3) is 6.90. The Balaban J connectivity index is 1.42. The molecule has 2 atom stereocenters. The zero-order valence-corrected chi connectivity index (χ0v) is 23.9. The average molecular weight is 570 g/mol. The van der Waals surface area contributed by atoms with E-state index in [-0.39, 0.29) is 12.5 Å². The van der Waals surface area contributed by atoms with Crippen LogP contribution in [-0.4, -0.2) is 80.0 Å². The molecule has 42 heavy (non-hydrogen) atoms. The lowest BCUT2D eigenvalue weighted by Crippen LogP contribution is -2.50. The summed E-state index contributed by atoms with van der Waals surface area (Å²) >= 11 is 0. The highest BCUT2D eigenvalue weighted by molar-refractivity contribution is 6.01. The summed E-state index contributed by atoms with van der Waals surface area (Å²) in [6, 6.07) is 25.8. The van der Waals surface area contributed by atoms with E-state index in [2.05, 4.69) is 41.1 Å². The van der Waals surface area contributed by atoms with Gasteiger partial charge in [0, 0.05) is 51.2 Å². The molecule has 5 rings (SSSR count). The van der Waals surface area contributed by atoms with Crippen molar-refractivity contribution in [3.63, 3.8) is 0 Å². The zero-order valence-electron chi connectivity index (χ0n) is 23.9. The third-order valence-electron chi connectivity index (χ3n) is 7.62. The molecule has 8 heteroatoms. The minimum atomic E-state index is -1.22. The van der Waals surface area contributed by atoms with Crippen LogP contribution in [0.4, 0.5) is 0 Å². The summed E-state index contributed by atoms with van der Waals surface area (Å²) in [7, 11) is 0. The second kappa shape index (κ2) is 14.3. The highest BCUT2D eigenvalue weighted by Gasteiger charge is 2.52. The maximum Gasteiger partial charge on any atom is 0.252 e. The van der Waals surface area contributed by atoms with Crippen LogP contribution in [0, 0.1) is 0 Å². The number of carbonyl (C=O) groups excluding carboxylic acids is 1. The first-order valence-corrected chi connectivity index (χ1v) is 14.6. The van der Waals surface area contributed by atoms with Gasteiger partial charge in [0.25, 0.3) is 5.91 Å². The molecule has 1 saturated heterocycles. The molecule has 1 fully saturated rings. The summed E-state index contributed by atoms with van der Waals surface area (Å²) in [5, 5.41) is 12.2. The zero-order chi connectivity index (χ0) is 29.2. The number of ether oxygens (including phenoxy) is 3. The topological polar surface area (TPSA) is 92.6 Å². The molecular formula is C34H39N3O5. The molecular weight excluding hydrogens is 530 g/mol. The number of aliphatic hydroxyl groups is 1. The summed E-state index contributed by atoms with van der Waals surface area (Å²) in [6.07, 6.45) is 1.97. The Hall–Kier alpha value is -3.98. The first-order valence-electron chi connectivity index (χ1n) is 14.6. The first-order chi connectivity index (χ1) is 20.6. The van der Waals surface area contributed by atoms with E-state index in [9.17, 15) is 4.79 Å². The normalized spacial score (nSPS) is 20.4. The lowest BCUT2D eigenvalue weighted by atomic mass is 9.84. The van der Waals surface area contributed by atoms with E-state index in [0.717, 1.165) is 41.9 Å². The molecule has 2 aliphatic rings. The fourth-order valence-electron chi connectivity index (χ4n) is 5.32. The van der Waals surface area contributed by atoms with Gasteiger partial charge in [0.15, 0.2) is 11.6 Å². The Bertz CT molecular complexity index is 1340. The Labute approximate surface area is 247 Å². The number of aliphatic imine (C=N–C) groups is 1. The molecule has 0 aliphatic carbocycles. The number of carbonyl (C=O) groups is 1. The average Bonchev–Trinajstić information content (AvgIpc) is 3.43. The summed E-state index contributed by atoms with van der Waals surface area (Å²) in [6.45, 7) is 8.86. The van der Waals surface area contributed by atoms with Gasteiger partial charge in [-0.05, 0) is 41.0 Å². The lowest BCUT2D eigenvalue weighted by Gasteiger charge is -2.31. The second-order valence-electron chi connectivity index (χ2n) is 10.5. The van der Waals surface area contributed by atoms with Gasteiger partial charge in [-0.25, -0.2) is 4.99 Å². The van der Waals surface area contributed by atoms with Crippen LogP contribution in [0.15, 0.2) is 96.5 Å². The molecule has 0 saturated carbocycles. The standard InChI is InChI=1S/C34H39N3O5/c1-2-17-34(33(39)35-18-19-37-20-24-40-25-21-37)31(28-11-9-27(10-12-28)26-7-4-3-5-8-26)42-32(36-34)29-13-15-30(16-14-29)41-23-6-22-38/h2-5,7-16,31,38H,1,6,17-25H2,(H,35,39)/t31-,34-/m1/s1. The quantitative estimate of drug-likeness (QED) is 0.234. The predicted molar refractivity (Wildman–Crippen MR) is 164 cm³/mol. The maximum absolute atomic E-state index is 14.0. The number of hydrogen-bond donors (Lipinski definition) is 2. The molecule has 0 aromatic heterocycles. The molecule has 3 aromatic rings. The van der Waals surface area contributed by atoms with Gasteiger partial charge in [-0.3, -0.25) is 9.69 Å². The minimum absolute atomic E-state index is 0.0797. The maximum atomic E-state index is 14.0. The van der Waals surface area contributed by atoms with Crippen LogP contribution in [-0.2, 0) is 14.3 Å². The van der Waals surface area contributed by atoms with Crippen LogP contribution in [0.1, 0.15) is 30.1 Å². The SMILES string of the molecule is C=CC[C@@]1(C(=O)NCCN2CCOCC2)N=C(c2ccc(OCCCO)cc2)O[C@@H]1c1ccc(-c2ccccc2)cc1. The number of rotatable bonds is 13. The van der Waals surface area contributed by atoms with Crippen LogP contribution in [0.25, 0.3) is 11.1 Å².